The van der Waals surface area contributed by atoms with Gasteiger partial charge in [-0.1, -0.05) is 13.3 Å². The summed E-state index contributed by atoms with van der Waals surface area (Å²) in [5.41, 5.74) is -3.55. The van der Waals surface area contributed by atoms with Crippen LogP contribution in [-0.2, 0) is 14.4 Å². The SMILES string of the molecule is CCCC1C2(C(=O)O)CC3CC(C(=O)O)(C2)CC1(C(=O)O)C3. The molecule has 22 heavy (non-hydrogen) atoms. The van der Waals surface area contributed by atoms with Crippen LogP contribution in [0.1, 0.15) is 51.9 Å². The summed E-state index contributed by atoms with van der Waals surface area (Å²) in [6.07, 6.45) is 2.68. The predicted molar refractivity (Wildman–Crippen MR) is 75.2 cm³/mol. The summed E-state index contributed by atoms with van der Waals surface area (Å²) in [5.74, 6) is -3.62. The van der Waals surface area contributed by atoms with E-state index in [0.717, 1.165) is 0 Å². The van der Waals surface area contributed by atoms with Gasteiger partial charge in [0.15, 0.2) is 0 Å². The molecule has 0 aromatic carbocycles. The lowest BCUT2D eigenvalue weighted by molar-refractivity contribution is -0.230. The number of hydrogen-bond acceptors (Lipinski definition) is 3. The molecule has 2 unspecified atom stereocenters. The summed E-state index contributed by atoms with van der Waals surface area (Å²) in [6, 6.07) is 0. The van der Waals surface area contributed by atoms with E-state index < -0.39 is 40.1 Å². The number of rotatable bonds is 5. The molecule has 4 rings (SSSR count). The van der Waals surface area contributed by atoms with Crippen LogP contribution in [0, 0.1) is 28.1 Å². The van der Waals surface area contributed by atoms with Gasteiger partial charge in [-0.05, 0) is 50.4 Å². The minimum atomic E-state index is -1.19. The number of aliphatic carboxylic acids is 3. The lowest BCUT2D eigenvalue weighted by atomic mass is 9.35. The van der Waals surface area contributed by atoms with Crippen molar-refractivity contribution in [2.24, 2.45) is 28.1 Å². The van der Waals surface area contributed by atoms with Gasteiger partial charge in [-0.15, -0.1) is 0 Å². The molecule has 0 amide bonds. The third-order valence-corrected chi connectivity index (χ3v) is 6.51. The molecular weight excluding hydrogens is 288 g/mol. The zero-order chi connectivity index (χ0) is 16.3. The third kappa shape index (κ3) is 1.64. The Balaban J connectivity index is 2.20. The summed E-state index contributed by atoms with van der Waals surface area (Å²) in [4.78, 5) is 36.0. The average Bonchev–Trinajstić information content (AvgIpc) is 2.41. The van der Waals surface area contributed by atoms with Gasteiger partial charge in [0, 0.05) is 0 Å². The fourth-order valence-corrected chi connectivity index (χ4v) is 6.12. The van der Waals surface area contributed by atoms with Gasteiger partial charge in [0.2, 0.25) is 0 Å². The highest BCUT2D eigenvalue weighted by molar-refractivity contribution is 5.86. The van der Waals surface area contributed by atoms with Crippen LogP contribution in [0.2, 0.25) is 0 Å². The Hall–Kier alpha value is -1.59. The monoisotopic (exact) mass is 310 g/mol. The maximum Gasteiger partial charge on any atom is 0.309 e. The van der Waals surface area contributed by atoms with Crippen LogP contribution < -0.4 is 0 Å². The quantitative estimate of drug-likeness (QED) is 0.718. The molecule has 0 spiro atoms. The van der Waals surface area contributed by atoms with Gasteiger partial charge in [0.25, 0.3) is 0 Å². The average molecular weight is 310 g/mol. The molecule has 0 aromatic rings. The lowest BCUT2D eigenvalue weighted by Crippen LogP contribution is -2.68. The summed E-state index contributed by atoms with van der Waals surface area (Å²) in [7, 11) is 0. The molecule has 0 aromatic heterocycles. The Labute approximate surface area is 128 Å². The van der Waals surface area contributed by atoms with Gasteiger partial charge in [-0.2, -0.15) is 0 Å². The van der Waals surface area contributed by atoms with Crippen LogP contribution in [0.3, 0.4) is 0 Å². The summed E-state index contributed by atoms with van der Waals surface area (Å²) in [5, 5.41) is 29.5. The number of carbonyl (C=O) groups is 3. The first-order valence-electron chi connectivity index (χ1n) is 7.93. The van der Waals surface area contributed by atoms with Crippen molar-refractivity contribution in [1.29, 1.82) is 0 Å². The summed E-state index contributed by atoms with van der Waals surface area (Å²) < 4.78 is 0. The van der Waals surface area contributed by atoms with E-state index >= 15 is 0 Å². The van der Waals surface area contributed by atoms with E-state index in [1.54, 1.807) is 0 Å². The molecule has 4 aliphatic carbocycles. The van der Waals surface area contributed by atoms with Crippen LogP contribution in [0.4, 0.5) is 0 Å². The van der Waals surface area contributed by atoms with E-state index in [4.69, 9.17) is 0 Å². The Bertz CT molecular complexity index is 521. The van der Waals surface area contributed by atoms with Gasteiger partial charge in [-0.3, -0.25) is 14.4 Å². The Morgan fingerprint density at radius 1 is 0.909 bits per heavy atom. The van der Waals surface area contributed by atoms with Crippen molar-refractivity contribution < 1.29 is 29.7 Å². The fourth-order valence-electron chi connectivity index (χ4n) is 6.12. The molecule has 6 heteroatoms. The standard InChI is InChI=1S/C16H22O6/c1-2-3-10-15(12(19)20)5-9-4-14(7-15,11(17)18)8-16(10,6-9)13(21)22/h9-10H,2-8H2,1H3,(H,17,18)(H,19,20)(H,21,22). The van der Waals surface area contributed by atoms with Crippen LogP contribution in [0.25, 0.3) is 0 Å². The largest absolute Gasteiger partial charge is 0.481 e. The molecule has 6 nitrogen and oxygen atoms in total. The highest BCUT2D eigenvalue weighted by Crippen LogP contribution is 2.73. The van der Waals surface area contributed by atoms with Crippen molar-refractivity contribution in [2.75, 3.05) is 0 Å². The molecule has 4 bridgehead atoms. The molecule has 2 atom stereocenters. The van der Waals surface area contributed by atoms with E-state index in [9.17, 15) is 29.7 Å². The summed E-state index contributed by atoms with van der Waals surface area (Å²) >= 11 is 0. The molecule has 0 heterocycles. The second-order valence-corrected chi connectivity index (χ2v) is 7.68. The van der Waals surface area contributed by atoms with Crippen molar-refractivity contribution >= 4 is 17.9 Å². The topological polar surface area (TPSA) is 112 Å². The highest BCUT2D eigenvalue weighted by atomic mass is 16.4. The van der Waals surface area contributed by atoms with Crippen LogP contribution in [-0.4, -0.2) is 33.2 Å². The van der Waals surface area contributed by atoms with Gasteiger partial charge in [0.05, 0.1) is 16.2 Å². The second kappa shape index (κ2) is 4.46. The zero-order valence-corrected chi connectivity index (χ0v) is 12.7. The maximum absolute atomic E-state index is 12.1. The summed E-state index contributed by atoms with van der Waals surface area (Å²) in [6.45, 7) is 1.92. The number of carboxylic acid groups (broad SMARTS) is 3. The van der Waals surface area contributed by atoms with Crippen LogP contribution >= 0.6 is 0 Å². The fraction of sp³-hybridized carbons (Fsp3) is 0.812. The minimum absolute atomic E-state index is 0.0842. The van der Waals surface area contributed by atoms with Crippen molar-refractivity contribution in [3.8, 4) is 0 Å². The first kappa shape index (κ1) is 15.3. The Morgan fingerprint density at radius 2 is 1.41 bits per heavy atom. The van der Waals surface area contributed by atoms with Crippen molar-refractivity contribution in [2.45, 2.75) is 51.9 Å². The van der Waals surface area contributed by atoms with E-state index in [1.807, 2.05) is 6.92 Å². The number of carboxylic acids is 3. The molecule has 4 saturated carbocycles. The molecule has 3 N–H and O–H groups in total. The lowest BCUT2D eigenvalue weighted by Gasteiger charge is -2.66. The second-order valence-electron chi connectivity index (χ2n) is 7.68. The molecule has 0 saturated heterocycles. The normalized spacial score (nSPS) is 45.7. The molecule has 0 aliphatic heterocycles. The van der Waals surface area contributed by atoms with Crippen molar-refractivity contribution in [1.82, 2.24) is 0 Å². The van der Waals surface area contributed by atoms with Gasteiger partial charge in [0.1, 0.15) is 0 Å². The molecule has 122 valence electrons. The van der Waals surface area contributed by atoms with Crippen molar-refractivity contribution in [3.63, 3.8) is 0 Å². The van der Waals surface area contributed by atoms with Gasteiger partial charge >= 0.3 is 17.9 Å². The first-order valence-corrected chi connectivity index (χ1v) is 7.93. The molecular formula is C16H22O6. The van der Waals surface area contributed by atoms with Crippen LogP contribution in [0.5, 0.6) is 0 Å². The Kier molecular flexibility index (Phi) is 3.10. The minimum Gasteiger partial charge on any atom is -0.481 e. The van der Waals surface area contributed by atoms with Gasteiger partial charge < -0.3 is 15.3 Å². The number of hydrogen-bond donors (Lipinski definition) is 3. The third-order valence-electron chi connectivity index (χ3n) is 6.51. The predicted octanol–water partition coefficient (Wildman–Crippen LogP) is 2.22. The molecule has 4 aliphatic rings. The highest BCUT2D eigenvalue weighted by Gasteiger charge is 2.74. The van der Waals surface area contributed by atoms with E-state index in [-0.39, 0.29) is 18.8 Å². The smallest absolute Gasteiger partial charge is 0.309 e. The van der Waals surface area contributed by atoms with E-state index in [0.29, 0.717) is 32.1 Å². The maximum atomic E-state index is 12.1. The molecule has 4 fully saturated rings. The van der Waals surface area contributed by atoms with Crippen LogP contribution in [0.15, 0.2) is 0 Å². The molecule has 0 radical (unpaired) electrons. The van der Waals surface area contributed by atoms with Gasteiger partial charge in [-0.25, -0.2) is 0 Å². The van der Waals surface area contributed by atoms with Crippen molar-refractivity contribution in [3.05, 3.63) is 0 Å². The van der Waals surface area contributed by atoms with E-state index in [1.165, 1.54) is 0 Å². The zero-order valence-electron chi connectivity index (χ0n) is 12.7. The Morgan fingerprint density at radius 3 is 1.77 bits per heavy atom. The van der Waals surface area contributed by atoms with E-state index in [2.05, 4.69) is 0 Å². The first-order chi connectivity index (χ1) is 10.2.